The molecule has 2 aromatic rings. The Balaban J connectivity index is 2.19. The van der Waals surface area contributed by atoms with E-state index in [9.17, 15) is 41.1 Å². The minimum Gasteiger partial charge on any atom is -0.344 e. The topological polar surface area (TPSA) is 104 Å². The summed E-state index contributed by atoms with van der Waals surface area (Å²) in [7, 11) is 0. The van der Waals surface area contributed by atoms with E-state index in [1.165, 1.54) is 26.0 Å². The van der Waals surface area contributed by atoms with Gasteiger partial charge < -0.3 is 16.0 Å². The van der Waals surface area contributed by atoms with Crippen molar-refractivity contribution in [2.24, 2.45) is 5.92 Å². The van der Waals surface area contributed by atoms with Gasteiger partial charge in [0.1, 0.15) is 12.6 Å². The number of nitrogens with one attached hydrogen (secondary N) is 3. The third kappa shape index (κ3) is 8.93. The zero-order valence-electron chi connectivity index (χ0n) is 20.6. The molecule has 12 heteroatoms. The number of halogens is 5. The number of aryl methyl sites for hydroxylation is 1. The molecule has 0 spiro atoms. The van der Waals surface area contributed by atoms with Crippen LogP contribution in [0.3, 0.4) is 0 Å². The smallest absolute Gasteiger partial charge is 0.344 e. The second-order valence-corrected chi connectivity index (χ2v) is 8.86. The number of Topliss-reactive ketones (excluding diaryl/α,β-unsaturated/α-hetero) is 1. The molecule has 7 nitrogen and oxygen atoms in total. The van der Waals surface area contributed by atoms with Gasteiger partial charge in [-0.3, -0.25) is 19.2 Å². The van der Waals surface area contributed by atoms with Crippen LogP contribution in [0.4, 0.5) is 22.0 Å². The molecule has 38 heavy (non-hydrogen) atoms. The Morgan fingerprint density at radius 3 is 1.89 bits per heavy atom. The Hall–Kier alpha value is -3.83. The van der Waals surface area contributed by atoms with Gasteiger partial charge in [-0.15, -0.1) is 0 Å². The molecule has 0 heterocycles. The van der Waals surface area contributed by atoms with Crippen molar-refractivity contribution in [3.05, 3.63) is 71.8 Å². The maximum Gasteiger partial charge on any atom is 0.405 e. The fraction of sp³-hybridized carbons (Fsp3) is 0.385. The fourth-order valence-electron chi connectivity index (χ4n) is 3.45. The zero-order valence-corrected chi connectivity index (χ0v) is 20.6. The first-order valence-electron chi connectivity index (χ1n) is 11.7. The molecule has 0 aromatic heterocycles. The van der Waals surface area contributed by atoms with Crippen LogP contribution >= 0.6 is 0 Å². The monoisotopic (exact) mass is 541 g/mol. The summed E-state index contributed by atoms with van der Waals surface area (Å²) in [5.41, 5.74) is 1.17. The van der Waals surface area contributed by atoms with Gasteiger partial charge in [0, 0.05) is 6.42 Å². The predicted octanol–water partition coefficient (Wildman–Crippen LogP) is 3.50. The molecule has 0 bridgehead atoms. The Labute approximate surface area is 216 Å². The van der Waals surface area contributed by atoms with E-state index in [-0.39, 0.29) is 6.42 Å². The van der Waals surface area contributed by atoms with Gasteiger partial charge in [0.05, 0.1) is 6.04 Å². The molecular weight excluding hydrogens is 513 g/mol. The first-order chi connectivity index (χ1) is 17.7. The van der Waals surface area contributed by atoms with Crippen molar-refractivity contribution in [3.63, 3.8) is 0 Å². The van der Waals surface area contributed by atoms with Crippen LogP contribution in [-0.2, 0) is 25.6 Å². The van der Waals surface area contributed by atoms with E-state index in [4.69, 9.17) is 0 Å². The highest BCUT2D eigenvalue weighted by atomic mass is 19.4. The van der Waals surface area contributed by atoms with E-state index in [1.54, 1.807) is 30.3 Å². The third-order valence-electron chi connectivity index (χ3n) is 5.47. The van der Waals surface area contributed by atoms with Crippen LogP contribution < -0.4 is 16.0 Å². The lowest BCUT2D eigenvalue weighted by atomic mass is 9.94. The number of ketones is 1. The molecule has 1 unspecified atom stereocenters. The molecule has 2 rings (SSSR count). The van der Waals surface area contributed by atoms with Crippen LogP contribution in [0.25, 0.3) is 0 Å². The van der Waals surface area contributed by atoms with Gasteiger partial charge in [0.25, 0.3) is 5.91 Å². The molecule has 2 atom stereocenters. The Bertz CT molecular complexity index is 1110. The van der Waals surface area contributed by atoms with Crippen molar-refractivity contribution in [1.82, 2.24) is 16.0 Å². The summed E-state index contributed by atoms with van der Waals surface area (Å²) in [5, 5.41) is 5.66. The first kappa shape index (κ1) is 30.4. The molecule has 3 N–H and O–H groups in total. The highest BCUT2D eigenvalue weighted by Gasteiger charge is 2.52. The average molecular weight is 542 g/mol. The molecule has 3 amide bonds. The largest absolute Gasteiger partial charge is 0.405 e. The van der Waals surface area contributed by atoms with Gasteiger partial charge in [-0.2, -0.15) is 22.0 Å². The quantitative estimate of drug-likeness (QED) is 0.283. The molecule has 0 aliphatic heterocycles. The molecular formula is C26H28F5N3O4. The van der Waals surface area contributed by atoms with Gasteiger partial charge in [0.2, 0.25) is 17.6 Å². The van der Waals surface area contributed by atoms with Crippen LogP contribution in [0.15, 0.2) is 60.7 Å². The van der Waals surface area contributed by atoms with Crippen molar-refractivity contribution < 1.29 is 41.1 Å². The van der Waals surface area contributed by atoms with Crippen LogP contribution in [0.5, 0.6) is 0 Å². The number of amides is 3. The molecule has 2 aromatic carbocycles. The molecule has 0 fully saturated rings. The summed E-state index contributed by atoms with van der Waals surface area (Å²) in [6.07, 6.45) is -4.60. The molecule has 0 saturated heterocycles. The van der Waals surface area contributed by atoms with Gasteiger partial charge in [-0.25, -0.2) is 0 Å². The standard InChI is InChI=1S/C26H28F5N3O4/c1-16(2)20(22(36)26(30,31)24(38)32-15-25(27,28)29)34-23(37)21(18-11-7-4-8-12-18)33-19(35)14-13-17-9-5-3-6-10-17/h3-12,16,20-21H,13-15H2,1-2H3,(H,32,38)(H,33,35)(H,34,37)/t20-,21?/m0/s1. The SMILES string of the molecule is CC(C)[C@H](NC(=O)C(NC(=O)CCc1ccccc1)c1ccccc1)C(=O)C(F)(F)C(=O)NCC(F)(F)F. The predicted molar refractivity (Wildman–Crippen MR) is 128 cm³/mol. The van der Waals surface area contributed by atoms with Gasteiger partial charge in [-0.05, 0) is 23.5 Å². The Morgan fingerprint density at radius 1 is 0.816 bits per heavy atom. The van der Waals surface area contributed by atoms with Crippen LogP contribution in [-0.4, -0.2) is 48.2 Å². The molecule has 0 radical (unpaired) electrons. The van der Waals surface area contributed by atoms with E-state index in [0.717, 1.165) is 10.9 Å². The number of hydrogen-bond donors (Lipinski definition) is 3. The van der Waals surface area contributed by atoms with Crippen molar-refractivity contribution in [3.8, 4) is 0 Å². The Kier molecular flexibility index (Phi) is 10.5. The van der Waals surface area contributed by atoms with E-state index in [0.29, 0.717) is 12.0 Å². The average Bonchev–Trinajstić information content (AvgIpc) is 2.87. The van der Waals surface area contributed by atoms with Gasteiger partial charge in [-0.1, -0.05) is 74.5 Å². The minimum atomic E-state index is -4.97. The summed E-state index contributed by atoms with van der Waals surface area (Å²) < 4.78 is 66.0. The van der Waals surface area contributed by atoms with Crippen molar-refractivity contribution in [2.45, 2.75) is 50.9 Å². The molecule has 0 aliphatic carbocycles. The summed E-state index contributed by atoms with van der Waals surface area (Å²) in [6, 6.07) is 13.6. The first-order valence-corrected chi connectivity index (χ1v) is 11.7. The summed E-state index contributed by atoms with van der Waals surface area (Å²) >= 11 is 0. The number of carbonyl (C=O) groups is 4. The van der Waals surface area contributed by atoms with Crippen molar-refractivity contribution in [1.29, 1.82) is 0 Å². The van der Waals surface area contributed by atoms with E-state index in [1.807, 2.05) is 18.2 Å². The number of rotatable bonds is 12. The van der Waals surface area contributed by atoms with Crippen molar-refractivity contribution in [2.75, 3.05) is 6.54 Å². The molecule has 206 valence electrons. The molecule has 0 aliphatic rings. The summed E-state index contributed by atoms with van der Waals surface area (Å²) in [5.74, 6) is -11.9. The van der Waals surface area contributed by atoms with Crippen molar-refractivity contribution >= 4 is 23.5 Å². The van der Waals surface area contributed by atoms with Crippen LogP contribution in [0.1, 0.15) is 37.4 Å². The minimum absolute atomic E-state index is 0.00458. The van der Waals surface area contributed by atoms with Gasteiger partial charge in [0.15, 0.2) is 0 Å². The zero-order chi connectivity index (χ0) is 28.5. The number of carbonyl (C=O) groups excluding carboxylic acids is 4. The van der Waals surface area contributed by atoms with Crippen LogP contribution in [0.2, 0.25) is 0 Å². The summed E-state index contributed by atoms with van der Waals surface area (Å²) in [6.45, 7) is 0.559. The highest BCUT2D eigenvalue weighted by Crippen LogP contribution is 2.23. The maximum absolute atomic E-state index is 14.5. The maximum atomic E-state index is 14.5. The lowest BCUT2D eigenvalue weighted by Crippen LogP contribution is -2.58. The van der Waals surface area contributed by atoms with E-state index in [2.05, 4.69) is 10.6 Å². The normalized spacial score (nSPS) is 13.4. The number of benzene rings is 2. The highest BCUT2D eigenvalue weighted by molar-refractivity contribution is 6.10. The lowest BCUT2D eigenvalue weighted by molar-refractivity contribution is -0.165. The summed E-state index contributed by atoms with van der Waals surface area (Å²) in [4.78, 5) is 50.0. The van der Waals surface area contributed by atoms with Gasteiger partial charge >= 0.3 is 12.1 Å². The van der Waals surface area contributed by atoms with E-state index >= 15 is 0 Å². The second-order valence-electron chi connectivity index (χ2n) is 8.86. The fourth-order valence-corrected chi connectivity index (χ4v) is 3.45. The molecule has 0 saturated carbocycles. The van der Waals surface area contributed by atoms with Crippen LogP contribution in [0, 0.1) is 5.92 Å². The second kappa shape index (κ2) is 13.1. The number of alkyl halides is 5. The number of hydrogen-bond acceptors (Lipinski definition) is 4. The lowest BCUT2D eigenvalue weighted by Gasteiger charge is -2.27. The third-order valence-corrected chi connectivity index (χ3v) is 5.47. The Morgan fingerprint density at radius 2 is 1.37 bits per heavy atom. The van der Waals surface area contributed by atoms with E-state index < -0.39 is 60.1 Å².